The van der Waals surface area contributed by atoms with E-state index in [1.165, 1.54) is 12.0 Å². The quantitative estimate of drug-likeness (QED) is 0.857. The topological polar surface area (TPSA) is 32.8 Å². The molecule has 4 heteroatoms. The van der Waals surface area contributed by atoms with Crippen LogP contribution in [0.4, 0.5) is 4.79 Å². The van der Waals surface area contributed by atoms with Gasteiger partial charge in [-0.05, 0) is 38.3 Å². The van der Waals surface area contributed by atoms with Crippen molar-refractivity contribution in [2.75, 3.05) is 19.7 Å². The lowest BCUT2D eigenvalue weighted by atomic mass is 9.98. The molecule has 1 unspecified atom stereocenters. The van der Waals surface area contributed by atoms with Gasteiger partial charge >= 0.3 is 6.09 Å². The van der Waals surface area contributed by atoms with Crippen LogP contribution in [0.2, 0.25) is 0 Å². The molecule has 2 fully saturated rings. The number of rotatable bonds is 3. The summed E-state index contributed by atoms with van der Waals surface area (Å²) in [4.78, 5) is 16.5. The van der Waals surface area contributed by atoms with E-state index in [1.54, 1.807) is 0 Å². The molecular formula is C17H24N2O2. The second kappa shape index (κ2) is 6.06. The molecule has 2 aliphatic rings. The molecular weight excluding hydrogens is 264 g/mol. The molecule has 114 valence electrons. The van der Waals surface area contributed by atoms with Crippen molar-refractivity contribution in [3.8, 4) is 0 Å². The minimum atomic E-state index is -0.154. The second-order valence-electron chi connectivity index (χ2n) is 6.07. The maximum absolute atomic E-state index is 12.0. The molecule has 0 aromatic heterocycles. The highest BCUT2D eigenvalue weighted by molar-refractivity contribution is 5.68. The molecule has 3 rings (SSSR count). The minimum Gasteiger partial charge on any atom is -0.450 e. The predicted molar refractivity (Wildman–Crippen MR) is 81.9 cm³/mol. The number of amides is 1. The van der Waals surface area contributed by atoms with Gasteiger partial charge < -0.3 is 9.64 Å². The van der Waals surface area contributed by atoms with E-state index >= 15 is 0 Å². The highest BCUT2D eigenvalue weighted by atomic mass is 16.6. The molecule has 0 bridgehead atoms. The third kappa shape index (κ3) is 2.77. The van der Waals surface area contributed by atoms with Gasteiger partial charge in [0.15, 0.2) is 0 Å². The van der Waals surface area contributed by atoms with Crippen LogP contribution in [0, 0.1) is 5.92 Å². The van der Waals surface area contributed by atoms with Crippen molar-refractivity contribution in [3.63, 3.8) is 0 Å². The van der Waals surface area contributed by atoms with E-state index in [-0.39, 0.29) is 12.1 Å². The SMILES string of the molecule is CCOC(=O)N1C[C@@H]2[C@@H](CCN2Cc2ccccc2)C1C. The first kappa shape index (κ1) is 14.4. The van der Waals surface area contributed by atoms with Crippen LogP contribution in [-0.2, 0) is 11.3 Å². The van der Waals surface area contributed by atoms with E-state index in [0.29, 0.717) is 18.6 Å². The van der Waals surface area contributed by atoms with Crippen LogP contribution >= 0.6 is 0 Å². The van der Waals surface area contributed by atoms with Crippen LogP contribution in [0.15, 0.2) is 30.3 Å². The lowest BCUT2D eigenvalue weighted by molar-refractivity contribution is 0.0982. The summed E-state index contributed by atoms with van der Waals surface area (Å²) < 4.78 is 5.18. The van der Waals surface area contributed by atoms with Crippen molar-refractivity contribution < 1.29 is 9.53 Å². The first-order valence-electron chi connectivity index (χ1n) is 7.92. The van der Waals surface area contributed by atoms with Crippen LogP contribution in [0.1, 0.15) is 25.8 Å². The first-order chi connectivity index (χ1) is 10.2. The van der Waals surface area contributed by atoms with E-state index in [0.717, 1.165) is 19.6 Å². The van der Waals surface area contributed by atoms with Crippen LogP contribution in [0.25, 0.3) is 0 Å². The molecule has 21 heavy (non-hydrogen) atoms. The van der Waals surface area contributed by atoms with Gasteiger partial charge in [0.1, 0.15) is 0 Å². The highest BCUT2D eigenvalue weighted by Crippen LogP contribution is 2.37. The van der Waals surface area contributed by atoms with Crippen LogP contribution in [-0.4, -0.2) is 47.7 Å². The maximum atomic E-state index is 12.0. The van der Waals surface area contributed by atoms with Gasteiger partial charge in [0, 0.05) is 25.2 Å². The average Bonchev–Trinajstić information content (AvgIpc) is 3.02. The van der Waals surface area contributed by atoms with Crippen LogP contribution < -0.4 is 0 Å². The van der Waals surface area contributed by atoms with Crippen molar-refractivity contribution in [1.82, 2.24) is 9.80 Å². The highest BCUT2D eigenvalue weighted by Gasteiger charge is 2.47. The Hall–Kier alpha value is -1.55. The van der Waals surface area contributed by atoms with E-state index in [1.807, 2.05) is 11.8 Å². The zero-order chi connectivity index (χ0) is 14.8. The molecule has 0 radical (unpaired) electrons. The van der Waals surface area contributed by atoms with Gasteiger partial charge in [-0.3, -0.25) is 4.90 Å². The lowest BCUT2D eigenvalue weighted by Crippen LogP contribution is -2.38. The summed E-state index contributed by atoms with van der Waals surface area (Å²) in [6.45, 7) is 7.38. The number of benzene rings is 1. The van der Waals surface area contributed by atoms with Crippen molar-refractivity contribution >= 4 is 6.09 Å². The summed E-state index contributed by atoms with van der Waals surface area (Å²) in [5.74, 6) is 0.582. The van der Waals surface area contributed by atoms with Gasteiger partial charge in [-0.25, -0.2) is 4.79 Å². The normalized spacial score (nSPS) is 28.7. The van der Waals surface area contributed by atoms with Gasteiger partial charge in [0.2, 0.25) is 0 Å². The first-order valence-corrected chi connectivity index (χ1v) is 7.92. The third-order valence-corrected chi connectivity index (χ3v) is 4.94. The molecule has 0 N–H and O–H groups in total. The second-order valence-corrected chi connectivity index (χ2v) is 6.07. The van der Waals surface area contributed by atoms with Crippen molar-refractivity contribution in [3.05, 3.63) is 35.9 Å². The van der Waals surface area contributed by atoms with Gasteiger partial charge in [0.25, 0.3) is 0 Å². The Labute approximate surface area is 126 Å². The third-order valence-electron chi connectivity index (χ3n) is 4.94. The molecule has 2 aliphatic heterocycles. The van der Waals surface area contributed by atoms with Crippen LogP contribution in [0.3, 0.4) is 0 Å². The number of hydrogen-bond acceptors (Lipinski definition) is 3. The Kier molecular flexibility index (Phi) is 4.15. The maximum Gasteiger partial charge on any atom is 0.410 e. The number of carbonyl (C=O) groups is 1. The molecule has 1 amide bonds. The fourth-order valence-corrected chi connectivity index (χ4v) is 3.82. The summed E-state index contributed by atoms with van der Waals surface area (Å²) in [7, 11) is 0. The Morgan fingerprint density at radius 2 is 2.10 bits per heavy atom. The van der Waals surface area contributed by atoms with E-state index in [9.17, 15) is 4.79 Å². The molecule has 4 nitrogen and oxygen atoms in total. The number of hydrogen-bond donors (Lipinski definition) is 0. The molecule has 2 heterocycles. The zero-order valence-corrected chi connectivity index (χ0v) is 12.9. The number of ether oxygens (including phenoxy) is 1. The van der Waals surface area contributed by atoms with Crippen molar-refractivity contribution in [2.45, 2.75) is 38.9 Å². The number of likely N-dealkylation sites (tertiary alicyclic amines) is 2. The number of nitrogens with zero attached hydrogens (tertiary/aromatic N) is 2. The Morgan fingerprint density at radius 1 is 1.33 bits per heavy atom. The van der Waals surface area contributed by atoms with E-state index in [4.69, 9.17) is 4.74 Å². The Bertz CT molecular complexity index is 491. The molecule has 0 saturated carbocycles. The Morgan fingerprint density at radius 3 is 2.81 bits per heavy atom. The molecule has 0 spiro atoms. The van der Waals surface area contributed by atoms with E-state index in [2.05, 4.69) is 42.2 Å². The monoisotopic (exact) mass is 288 g/mol. The molecule has 3 atom stereocenters. The largest absolute Gasteiger partial charge is 0.450 e. The smallest absolute Gasteiger partial charge is 0.410 e. The molecule has 1 aromatic rings. The van der Waals surface area contributed by atoms with Crippen molar-refractivity contribution in [1.29, 1.82) is 0 Å². The molecule has 0 aliphatic carbocycles. The molecule has 1 aromatic carbocycles. The summed E-state index contributed by atoms with van der Waals surface area (Å²) in [5, 5.41) is 0. The number of carbonyl (C=O) groups excluding carboxylic acids is 1. The van der Waals surface area contributed by atoms with Gasteiger partial charge in [-0.1, -0.05) is 30.3 Å². The Balaban J connectivity index is 1.67. The summed E-state index contributed by atoms with van der Waals surface area (Å²) in [6.07, 6.45) is 1.02. The fourth-order valence-electron chi connectivity index (χ4n) is 3.82. The van der Waals surface area contributed by atoms with Crippen LogP contribution in [0.5, 0.6) is 0 Å². The van der Waals surface area contributed by atoms with Gasteiger partial charge in [0.05, 0.1) is 6.61 Å². The van der Waals surface area contributed by atoms with Gasteiger partial charge in [-0.2, -0.15) is 0 Å². The summed E-state index contributed by atoms with van der Waals surface area (Å²) in [6, 6.07) is 11.3. The summed E-state index contributed by atoms with van der Waals surface area (Å²) in [5.41, 5.74) is 1.35. The van der Waals surface area contributed by atoms with E-state index < -0.39 is 0 Å². The lowest BCUT2D eigenvalue weighted by Gasteiger charge is -2.25. The average molecular weight is 288 g/mol. The van der Waals surface area contributed by atoms with Gasteiger partial charge in [-0.15, -0.1) is 0 Å². The standard InChI is InChI=1S/C17H24N2O2/c1-3-21-17(20)19-12-16-15(13(19)2)9-10-18(16)11-14-7-5-4-6-8-14/h4-8,13,15-16H,3,9-12H2,1-2H3/t13?,15-,16+/m0/s1. The number of fused-ring (bicyclic) bond motifs is 1. The predicted octanol–water partition coefficient (Wildman–Crippen LogP) is 2.74. The minimum absolute atomic E-state index is 0.154. The zero-order valence-electron chi connectivity index (χ0n) is 12.9. The summed E-state index contributed by atoms with van der Waals surface area (Å²) >= 11 is 0. The fraction of sp³-hybridized carbons (Fsp3) is 0.588. The van der Waals surface area contributed by atoms with Crippen molar-refractivity contribution in [2.24, 2.45) is 5.92 Å². The molecule has 2 saturated heterocycles.